The molecule has 0 aliphatic rings. The average Bonchev–Trinajstić information content (AvgIpc) is 2.64. The predicted molar refractivity (Wildman–Crippen MR) is 65.3 cm³/mol. The van der Waals surface area contributed by atoms with Crippen LogP contribution in [-0.2, 0) is 6.54 Å². The van der Waals surface area contributed by atoms with E-state index in [0.717, 1.165) is 18.8 Å². The van der Waals surface area contributed by atoms with E-state index in [-0.39, 0.29) is 12.4 Å². The van der Waals surface area contributed by atoms with E-state index >= 15 is 0 Å². The van der Waals surface area contributed by atoms with Gasteiger partial charge in [0.25, 0.3) is 0 Å². The maximum atomic E-state index is 3.90. The van der Waals surface area contributed by atoms with Gasteiger partial charge in [0.05, 0.1) is 0 Å². The van der Waals surface area contributed by atoms with Gasteiger partial charge in [0.1, 0.15) is 0 Å². The van der Waals surface area contributed by atoms with E-state index < -0.39 is 0 Å². The minimum absolute atomic E-state index is 0. The lowest BCUT2D eigenvalue weighted by Crippen LogP contribution is -2.37. The van der Waals surface area contributed by atoms with Crippen molar-refractivity contribution < 1.29 is 0 Å². The highest BCUT2D eigenvalue weighted by Gasteiger charge is 2.07. The van der Waals surface area contributed by atoms with Crippen LogP contribution in [0.3, 0.4) is 0 Å². The van der Waals surface area contributed by atoms with Crippen LogP contribution in [0.15, 0.2) is 12.3 Å². The fraction of sp³-hybridized carbons (Fsp3) is 0.700. The van der Waals surface area contributed by atoms with Crippen molar-refractivity contribution in [1.29, 1.82) is 0 Å². The summed E-state index contributed by atoms with van der Waals surface area (Å²) in [5.74, 6) is 0. The fourth-order valence-corrected chi connectivity index (χ4v) is 1.45. The van der Waals surface area contributed by atoms with Gasteiger partial charge in [-0.25, -0.2) is 0 Å². The topological polar surface area (TPSA) is 44.0 Å². The van der Waals surface area contributed by atoms with Gasteiger partial charge in [-0.05, 0) is 26.6 Å². The molecule has 1 heterocycles. The SMILES string of the molecule is CCC(CNCc1ccn[nH]1)N(C)C.Cl. The highest BCUT2D eigenvalue weighted by molar-refractivity contribution is 5.85. The molecule has 1 rings (SSSR count). The minimum atomic E-state index is 0. The molecule has 1 aromatic heterocycles. The largest absolute Gasteiger partial charge is 0.310 e. The highest BCUT2D eigenvalue weighted by Crippen LogP contribution is 1.97. The second-order valence-electron chi connectivity index (χ2n) is 3.74. The van der Waals surface area contributed by atoms with E-state index in [1.54, 1.807) is 6.20 Å². The number of nitrogens with zero attached hydrogens (tertiary/aromatic N) is 2. The van der Waals surface area contributed by atoms with Gasteiger partial charge < -0.3 is 10.2 Å². The van der Waals surface area contributed by atoms with Crippen molar-refractivity contribution in [3.05, 3.63) is 18.0 Å². The van der Waals surface area contributed by atoms with Crippen molar-refractivity contribution in [2.75, 3.05) is 20.6 Å². The van der Waals surface area contributed by atoms with E-state index in [1.165, 1.54) is 6.42 Å². The van der Waals surface area contributed by atoms with Crippen molar-refractivity contribution in [3.8, 4) is 0 Å². The molecule has 88 valence electrons. The molecule has 0 saturated heterocycles. The average molecular weight is 233 g/mol. The lowest BCUT2D eigenvalue weighted by molar-refractivity contribution is 0.275. The summed E-state index contributed by atoms with van der Waals surface area (Å²) >= 11 is 0. The van der Waals surface area contributed by atoms with Crippen LogP contribution < -0.4 is 5.32 Å². The lowest BCUT2D eigenvalue weighted by Gasteiger charge is -2.22. The van der Waals surface area contributed by atoms with Gasteiger partial charge in [0.2, 0.25) is 0 Å². The van der Waals surface area contributed by atoms with Crippen LogP contribution in [0.25, 0.3) is 0 Å². The molecule has 2 N–H and O–H groups in total. The molecule has 0 saturated carbocycles. The van der Waals surface area contributed by atoms with Crippen molar-refractivity contribution in [3.63, 3.8) is 0 Å². The summed E-state index contributed by atoms with van der Waals surface area (Å²) in [4.78, 5) is 2.25. The van der Waals surface area contributed by atoms with Crippen LogP contribution in [0.2, 0.25) is 0 Å². The Morgan fingerprint density at radius 2 is 2.27 bits per heavy atom. The second-order valence-corrected chi connectivity index (χ2v) is 3.74. The Labute approximate surface area is 97.8 Å². The van der Waals surface area contributed by atoms with Crippen molar-refractivity contribution >= 4 is 12.4 Å². The molecule has 1 unspecified atom stereocenters. The number of rotatable bonds is 6. The number of halogens is 1. The maximum Gasteiger partial charge on any atom is 0.0490 e. The number of hydrogen-bond donors (Lipinski definition) is 2. The molecule has 0 bridgehead atoms. The summed E-state index contributed by atoms with van der Waals surface area (Å²) in [5, 5.41) is 10.2. The molecule has 0 amide bonds. The first-order valence-electron chi connectivity index (χ1n) is 5.09. The summed E-state index contributed by atoms with van der Waals surface area (Å²) in [6.07, 6.45) is 2.95. The summed E-state index contributed by atoms with van der Waals surface area (Å²) in [5.41, 5.74) is 1.14. The van der Waals surface area contributed by atoms with Gasteiger partial charge in [-0.3, -0.25) is 5.10 Å². The van der Waals surface area contributed by atoms with Crippen molar-refractivity contribution in [2.24, 2.45) is 0 Å². The summed E-state index contributed by atoms with van der Waals surface area (Å²) in [6, 6.07) is 2.60. The van der Waals surface area contributed by atoms with E-state index in [9.17, 15) is 0 Å². The van der Waals surface area contributed by atoms with Crippen molar-refractivity contribution in [2.45, 2.75) is 25.9 Å². The summed E-state index contributed by atoms with van der Waals surface area (Å²) in [6.45, 7) is 4.09. The Kier molecular flexibility index (Phi) is 7.38. The second kappa shape index (κ2) is 7.68. The van der Waals surface area contributed by atoms with Gasteiger partial charge in [-0.1, -0.05) is 6.92 Å². The third-order valence-corrected chi connectivity index (χ3v) is 2.46. The third-order valence-electron chi connectivity index (χ3n) is 2.46. The maximum absolute atomic E-state index is 3.90. The first-order valence-corrected chi connectivity index (χ1v) is 5.09. The van der Waals surface area contributed by atoms with Crippen LogP contribution in [0.4, 0.5) is 0 Å². The fourth-order valence-electron chi connectivity index (χ4n) is 1.45. The molecule has 15 heavy (non-hydrogen) atoms. The zero-order chi connectivity index (χ0) is 10.4. The monoisotopic (exact) mass is 232 g/mol. The van der Waals surface area contributed by atoms with Crippen molar-refractivity contribution in [1.82, 2.24) is 20.4 Å². The van der Waals surface area contributed by atoms with Crippen LogP contribution in [0.5, 0.6) is 0 Å². The zero-order valence-corrected chi connectivity index (χ0v) is 10.5. The third kappa shape index (κ3) is 5.16. The van der Waals surface area contributed by atoms with E-state index in [2.05, 4.69) is 41.4 Å². The standard InChI is InChI=1S/C10H20N4.ClH/c1-4-10(14(2)3)8-11-7-9-5-6-12-13-9;/h5-6,10-11H,4,7-8H2,1-3H3,(H,12,13);1H. The van der Waals surface area contributed by atoms with E-state index in [1.807, 2.05) is 6.07 Å². The van der Waals surface area contributed by atoms with E-state index in [4.69, 9.17) is 0 Å². The van der Waals surface area contributed by atoms with Crippen LogP contribution in [0, 0.1) is 0 Å². The number of nitrogens with one attached hydrogen (secondary N) is 2. The van der Waals surface area contributed by atoms with Crippen LogP contribution in [-0.4, -0.2) is 41.8 Å². The number of aromatic amines is 1. The van der Waals surface area contributed by atoms with Crippen LogP contribution >= 0.6 is 12.4 Å². The molecular formula is C10H21ClN4. The molecule has 0 aliphatic carbocycles. The number of likely N-dealkylation sites (N-methyl/N-ethyl adjacent to an activating group) is 1. The number of hydrogen-bond acceptors (Lipinski definition) is 3. The van der Waals surface area contributed by atoms with Gasteiger partial charge in [-0.15, -0.1) is 12.4 Å². The summed E-state index contributed by atoms with van der Waals surface area (Å²) < 4.78 is 0. The Bertz CT molecular complexity index is 236. The van der Waals surface area contributed by atoms with Gasteiger partial charge in [-0.2, -0.15) is 5.10 Å². The van der Waals surface area contributed by atoms with Gasteiger partial charge in [0.15, 0.2) is 0 Å². The molecule has 0 fully saturated rings. The first kappa shape index (κ1) is 14.4. The smallest absolute Gasteiger partial charge is 0.0490 e. The molecule has 0 spiro atoms. The molecule has 0 radical (unpaired) electrons. The number of H-pyrrole nitrogens is 1. The molecule has 0 aliphatic heterocycles. The summed E-state index contributed by atoms with van der Waals surface area (Å²) in [7, 11) is 4.23. The normalized spacial score (nSPS) is 12.5. The molecule has 4 nitrogen and oxygen atoms in total. The van der Waals surface area contributed by atoms with E-state index in [0.29, 0.717) is 6.04 Å². The lowest BCUT2D eigenvalue weighted by atomic mass is 10.2. The Morgan fingerprint density at radius 1 is 1.53 bits per heavy atom. The minimum Gasteiger partial charge on any atom is -0.310 e. The highest BCUT2D eigenvalue weighted by atomic mass is 35.5. The predicted octanol–water partition coefficient (Wildman–Crippen LogP) is 1.26. The quantitative estimate of drug-likeness (QED) is 0.776. The molecule has 1 aromatic rings. The molecule has 5 heteroatoms. The first-order chi connectivity index (χ1) is 6.74. The Balaban J connectivity index is 0.00000196. The Morgan fingerprint density at radius 3 is 2.73 bits per heavy atom. The van der Waals surface area contributed by atoms with Gasteiger partial charge in [0, 0.05) is 31.0 Å². The molecule has 1 atom stereocenters. The number of aromatic nitrogens is 2. The van der Waals surface area contributed by atoms with Crippen LogP contribution in [0.1, 0.15) is 19.0 Å². The van der Waals surface area contributed by atoms with Gasteiger partial charge >= 0.3 is 0 Å². The molecular weight excluding hydrogens is 212 g/mol. The molecule has 0 aromatic carbocycles. The Hall–Kier alpha value is -0.580. The zero-order valence-electron chi connectivity index (χ0n) is 9.66.